The van der Waals surface area contributed by atoms with Crippen molar-refractivity contribution in [2.75, 3.05) is 24.6 Å². The molecule has 2 amide bonds. The summed E-state index contributed by atoms with van der Waals surface area (Å²) < 4.78 is 5.36. The molecule has 126 valence electrons. The molecule has 1 atom stereocenters. The average molecular weight is 327 g/mol. The number of carbonyl (C=O) groups excluding carboxylic acids is 2. The Morgan fingerprint density at radius 1 is 1.33 bits per heavy atom. The van der Waals surface area contributed by atoms with Gasteiger partial charge in [0.05, 0.1) is 11.2 Å². The Hall–Kier alpha value is -2.47. The van der Waals surface area contributed by atoms with Crippen molar-refractivity contribution >= 4 is 28.4 Å². The minimum absolute atomic E-state index is 0.0838. The third kappa shape index (κ3) is 3.54. The highest BCUT2D eigenvalue weighted by Crippen LogP contribution is 2.24. The van der Waals surface area contributed by atoms with Crippen LogP contribution in [-0.4, -0.2) is 42.6 Å². The number of carbonyl (C=O) groups is 2. The van der Waals surface area contributed by atoms with Crippen LogP contribution >= 0.6 is 0 Å². The van der Waals surface area contributed by atoms with Crippen molar-refractivity contribution in [3.05, 3.63) is 36.5 Å². The SMILES string of the molecule is CC(=O)N(CCNC(=O)C1CCCO1)c1cccc2cccnc12. The van der Waals surface area contributed by atoms with E-state index in [1.54, 1.807) is 11.1 Å². The zero-order chi connectivity index (χ0) is 16.9. The Morgan fingerprint density at radius 2 is 2.17 bits per heavy atom. The van der Waals surface area contributed by atoms with Crippen LogP contribution in [0.3, 0.4) is 0 Å². The summed E-state index contributed by atoms with van der Waals surface area (Å²) in [6.07, 6.45) is 3.04. The Labute approximate surface area is 140 Å². The molecule has 0 spiro atoms. The van der Waals surface area contributed by atoms with E-state index in [1.807, 2.05) is 30.3 Å². The Bertz CT molecular complexity index is 736. The molecule has 1 saturated heterocycles. The zero-order valence-electron chi connectivity index (χ0n) is 13.7. The number of pyridine rings is 1. The molecule has 2 aromatic rings. The minimum atomic E-state index is -0.352. The number of hydrogen-bond donors (Lipinski definition) is 1. The molecule has 6 heteroatoms. The summed E-state index contributed by atoms with van der Waals surface area (Å²) in [5, 5.41) is 3.83. The van der Waals surface area contributed by atoms with Crippen LogP contribution in [0.1, 0.15) is 19.8 Å². The summed E-state index contributed by atoms with van der Waals surface area (Å²) in [6, 6.07) is 9.57. The number of para-hydroxylation sites is 1. The van der Waals surface area contributed by atoms with Gasteiger partial charge in [0.15, 0.2) is 0 Å². The smallest absolute Gasteiger partial charge is 0.249 e. The number of fused-ring (bicyclic) bond motifs is 1. The molecule has 1 unspecified atom stereocenters. The summed E-state index contributed by atoms with van der Waals surface area (Å²) in [4.78, 5) is 30.1. The van der Waals surface area contributed by atoms with Gasteiger partial charge in [-0.25, -0.2) is 0 Å². The molecule has 3 rings (SSSR count). The third-order valence-corrected chi connectivity index (χ3v) is 4.14. The van der Waals surface area contributed by atoms with Gasteiger partial charge < -0.3 is 15.0 Å². The van der Waals surface area contributed by atoms with Gasteiger partial charge in [-0.1, -0.05) is 18.2 Å². The van der Waals surface area contributed by atoms with E-state index in [0.29, 0.717) is 19.7 Å². The second kappa shape index (κ2) is 7.40. The van der Waals surface area contributed by atoms with Gasteiger partial charge in [-0.15, -0.1) is 0 Å². The van der Waals surface area contributed by atoms with Gasteiger partial charge in [0.25, 0.3) is 0 Å². The van der Waals surface area contributed by atoms with Crippen LogP contribution < -0.4 is 10.2 Å². The molecular formula is C18H21N3O3. The highest BCUT2D eigenvalue weighted by Gasteiger charge is 2.23. The maximum atomic E-state index is 12.1. The zero-order valence-corrected chi connectivity index (χ0v) is 13.7. The molecular weight excluding hydrogens is 306 g/mol. The third-order valence-electron chi connectivity index (χ3n) is 4.14. The van der Waals surface area contributed by atoms with Gasteiger partial charge in [-0.3, -0.25) is 14.6 Å². The molecule has 0 aliphatic carbocycles. The summed E-state index contributed by atoms with van der Waals surface area (Å²) in [5.41, 5.74) is 1.53. The van der Waals surface area contributed by atoms with E-state index < -0.39 is 0 Å². The van der Waals surface area contributed by atoms with Crippen molar-refractivity contribution in [2.24, 2.45) is 0 Å². The fourth-order valence-corrected chi connectivity index (χ4v) is 2.94. The van der Waals surface area contributed by atoms with Gasteiger partial charge in [-0.2, -0.15) is 0 Å². The standard InChI is InChI=1S/C18H21N3O3/c1-13(22)21(11-10-20-18(23)16-8-4-12-24-16)15-7-2-5-14-6-3-9-19-17(14)15/h2-3,5-7,9,16H,4,8,10-12H2,1H3,(H,20,23). The number of rotatable bonds is 5. The van der Waals surface area contributed by atoms with Crippen molar-refractivity contribution in [3.63, 3.8) is 0 Å². The van der Waals surface area contributed by atoms with E-state index in [9.17, 15) is 9.59 Å². The quantitative estimate of drug-likeness (QED) is 0.910. The minimum Gasteiger partial charge on any atom is -0.368 e. The number of nitrogens with one attached hydrogen (secondary N) is 1. The number of amides is 2. The number of hydrogen-bond acceptors (Lipinski definition) is 4. The summed E-state index contributed by atoms with van der Waals surface area (Å²) in [5.74, 6) is -0.188. The van der Waals surface area contributed by atoms with Crippen LogP contribution in [0.2, 0.25) is 0 Å². The second-order valence-electron chi connectivity index (χ2n) is 5.82. The van der Waals surface area contributed by atoms with E-state index in [1.165, 1.54) is 6.92 Å². The van der Waals surface area contributed by atoms with E-state index in [4.69, 9.17) is 4.74 Å². The average Bonchev–Trinajstić information content (AvgIpc) is 3.13. The number of ether oxygens (including phenoxy) is 1. The monoisotopic (exact) mass is 327 g/mol. The molecule has 1 aromatic heterocycles. The van der Waals surface area contributed by atoms with Crippen molar-refractivity contribution in [1.82, 2.24) is 10.3 Å². The summed E-state index contributed by atoms with van der Waals surface area (Å²) >= 11 is 0. The summed E-state index contributed by atoms with van der Waals surface area (Å²) in [7, 11) is 0. The second-order valence-corrected chi connectivity index (χ2v) is 5.82. The molecule has 24 heavy (non-hydrogen) atoms. The highest BCUT2D eigenvalue weighted by atomic mass is 16.5. The van der Waals surface area contributed by atoms with Crippen LogP contribution in [0.25, 0.3) is 10.9 Å². The lowest BCUT2D eigenvalue weighted by Gasteiger charge is -2.23. The molecule has 1 N–H and O–H groups in total. The van der Waals surface area contributed by atoms with Crippen LogP contribution in [0.15, 0.2) is 36.5 Å². The normalized spacial score (nSPS) is 17.0. The molecule has 0 radical (unpaired) electrons. The van der Waals surface area contributed by atoms with Gasteiger partial charge in [0.2, 0.25) is 11.8 Å². The van der Waals surface area contributed by atoms with E-state index in [2.05, 4.69) is 10.3 Å². The lowest BCUT2D eigenvalue weighted by atomic mass is 10.1. The molecule has 2 heterocycles. The van der Waals surface area contributed by atoms with Crippen LogP contribution in [-0.2, 0) is 14.3 Å². The molecule has 1 aliphatic heterocycles. The summed E-state index contributed by atoms with van der Waals surface area (Å²) in [6.45, 7) is 2.92. The number of nitrogens with zero attached hydrogens (tertiary/aromatic N) is 2. The molecule has 1 fully saturated rings. The first-order chi connectivity index (χ1) is 11.7. The number of anilines is 1. The Kier molecular flexibility index (Phi) is 5.05. The molecule has 0 bridgehead atoms. The van der Waals surface area contributed by atoms with E-state index in [-0.39, 0.29) is 17.9 Å². The van der Waals surface area contributed by atoms with Gasteiger partial charge in [0, 0.05) is 38.2 Å². The Morgan fingerprint density at radius 3 is 2.92 bits per heavy atom. The molecule has 1 aromatic carbocycles. The number of aromatic nitrogens is 1. The van der Waals surface area contributed by atoms with Crippen molar-refractivity contribution in [2.45, 2.75) is 25.9 Å². The van der Waals surface area contributed by atoms with E-state index in [0.717, 1.165) is 29.4 Å². The lowest BCUT2D eigenvalue weighted by molar-refractivity contribution is -0.130. The molecule has 6 nitrogen and oxygen atoms in total. The van der Waals surface area contributed by atoms with Crippen LogP contribution in [0, 0.1) is 0 Å². The Balaban J connectivity index is 1.70. The maximum absolute atomic E-state index is 12.1. The largest absolute Gasteiger partial charge is 0.368 e. The maximum Gasteiger partial charge on any atom is 0.249 e. The van der Waals surface area contributed by atoms with Crippen molar-refractivity contribution < 1.29 is 14.3 Å². The van der Waals surface area contributed by atoms with Gasteiger partial charge in [0.1, 0.15) is 6.10 Å². The molecule has 0 saturated carbocycles. The van der Waals surface area contributed by atoms with Crippen LogP contribution in [0.4, 0.5) is 5.69 Å². The molecule has 1 aliphatic rings. The van der Waals surface area contributed by atoms with Gasteiger partial charge >= 0.3 is 0 Å². The predicted molar refractivity (Wildman–Crippen MR) is 91.8 cm³/mol. The number of benzene rings is 1. The fourth-order valence-electron chi connectivity index (χ4n) is 2.94. The first-order valence-electron chi connectivity index (χ1n) is 8.18. The lowest BCUT2D eigenvalue weighted by Crippen LogP contribution is -2.41. The van der Waals surface area contributed by atoms with Gasteiger partial charge in [-0.05, 0) is 25.0 Å². The van der Waals surface area contributed by atoms with E-state index >= 15 is 0 Å². The first kappa shape index (κ1) is 16.4. The first-order valence-corrected chi connectivity index (χ1v) is 8.18. The van der Waals surface area contributed by atoms with Crippen LogP contribution in [0.5, 0.6) is 0 Å². The van der Waals surface area contributed by atoms with Crippen molar-refractivity contribution in [3.8, 4) is 0 Å². The fraction of sp³-hybridized carbons (Fsp3) is 0.389. The predicted octanol–water partition coefficient (Wildman–Crippen LogP) is 1.88. The topological polar surface area (TPSA) is 71.5 Å². The highest BCUT2D eigenvalue weighted by molar-refractivity contribution is 6.01. The van der Waals surface area contributed by atoms with Crippen molar-refractivity contribution in [1.29, 1.82) is 0 Å².